The Hall–Kier alpha value is -1.09. The summed E-state index contributed by atoms with van der Waals surface area (Å²) >= 11 is 0. The number of hydrogen-bond donors (Lipinski definition) is 1. The first kappa shape index (κ1) is 18.0. The molecule has 0 bridgehead atoms. The first-order valence-corrected chi connectivity index (χ1v) is 8.29. The topological polar surface area (TPSA) is 28.2 Å². The molecule has 1 rings (SSSR count). The third kappa shape index (κ3) is 6.47. The van der Waals surface area contributed by atoms with E-state index in [0.717, 1.165) is 37.3 Å². The van der Waals surface area contributed by atoms with Crippen molar-refractivity contribution in [2.45, 2.75) is 54.0 Å². The molecular weight excluding hydrogens is 258 g/mol. The summed E-state index contributed by atoms with van der Waals surface area (Å²) in [5.74, 6) is 2.63. The Labute approximate surface area is 131 Å². The van der Waals surface area contributed by atoms with Crippen LogP contribution in [-0.2, 0) is 6.54 Å². The third-order valence-electron chi connectivity index (χ3n) is 3.74. The molecule has 0 amide bonds. The van der Waals surface area contributed by atoms with E-state index < -0.39 is 0 Å². The van der Waals surface area contributed by atoms with Crippen LogP contribution in [0.1, 0.15) is 51.7 Å². The maximum atomic E-state index is 4.74. The molecule has 21 heavy (non-hydrogen) atoms. The molecule has 0 atom stereocenters. The van der Waals surface area contributed by atoms with E-state index in [1.807, 2.05) is 13.2 Å². The molecule has 0 spiro atoms. The molecule has 0 saturated heterocycles. The minimum Gasteiger partial charge on any atom is -0.356 e. The van der Waals surface area contributed by atoms with E-state index in [-0.39, 0.29) is 0 Å². The summed E-state index contributed by atoms with van der Waals surface area (Å²) < 4.78 is 0. The smallest absolute Gasteiger partial charge is 0.131 e. The maximum Gasteiger partial charge on any atom is 0.131 e. The van der Waals surface area contributed by atoms with Crippen molar-refractivity contribution in [1.82, 2.24) is 10.3 Å². The van der Waals surface area contributed by atoms with Crippen molar-refractivity contribution in [2.75, 3.05) is 25.0 Å². The lowest BCUT2D eigenvalue weighted by atomic mass is 10.1. The van der Waals surface area contributed by atoms with Crippen LogP contribution in [0.3, 0.4) is 0 Å². The first-order chi connectivity index (χ1) is 9.93. The van der Waals surface area contributed by atoms with Crippen LogP contribution in [0, 0.1) is 18.8 Å². The van der Waals surface area contributed by atoms with Crippen molar-refractivity contribution < 1.29 is 0 Å². The lowest BCUT2D eigenvalue weighted by Crippen LogP contribution is -2.29. The van der Waals surface area contributed by atoms with Crippen LogP contribution in [0.4, 0.5) is 5.82 Å². The van der Waals surface area contributed by atoms with E-state index in [2.05, 4.69) is 50.9 Å². The summed E-state index contributed by atoms with van der Waals surface area (Å²) in [6.45, 7) is 14.4. The van der Waals surface area contributed by atoms with Gasteiger partial charge in [-0.1, -0.05) is 27.7 Å². The molecule has 1 aromatic rings. The Kier molecular flexibility index (Phi) is 7.73. The minimum atomic E-state index is 0.732. The summed E-state index contributed by atoms with van der Waals surface area (Å²) in [4.78, 5) is 7.21. The van der Waals surface area contributed by atoms with Crippen LogP contribution in [0.2, 0.25) is 0 Å². The van der Waals surface area contributed by atoms with Crippen molar-refractivity contribution in [3.63, 3.8) is 0 Å². The summed E-state index contributed by atoms with van der Waals surface area (Å²) in [5, 5.41) is 3.19. The van der Waals surface area contributed by atoms with Gasteiger partial charge in [0.15, 0.2) is 0 Å². The number of anilines is 1. The largest absolute Gasteiger partial charge is 0.356 e. The molecule has 3 nitrogen and oxygen atoms in total. The highest BCUT2D eigenvalue weighted by atomic mass is 15.2. The molecule has 0 unspecified atom stereocenters. The maximum absolute atomic E-state index is 4.74. The van der Waals surface area contributed by atoms with Gasteiger partial charge in [-0.15, -0.1) is 0 Å². The quantitative estimate of drug-likeness (QED) is 0.745. The molecule has 0 saturated carbocycles. The third-order valence-corrected chi connectivity index (χ3v) is 3.74. The van der Waals surface area contributed by atoms with Crippen molar-refractivity contribution in [3.8, 4) is 0 Å². The molecule has 1 aromatic heterocycles. The number of nitrogens with one attached hydrogen (secondary N) is 1. The predicted octanol–water partition coefficient (Wildman–Crippen LogP) is 4.01. The van der Waals surface area contributed by atoms with Crippen LogP contribution < -0.4 is 10.2 Å². The molecule has 0 radical (unpaired) electrons. The summed E-state index contributed by atoms with van der Waals surface area (Å²) in [7, 11) is 1.97. The van der Waals surface area contributed by atoms with Crippen LogP contribution in [0.15, 0.2) is 12.3 Å². The summed E-state index contributed by atoms with van der Waals surface area (Å²) in [6.07, 6.45) is 4.45. The average Bonchev–Trinajstić information content (AvgIpc) is 2.40. The van der Waals surface area contributed by atoms with Gasteiger partial charge in [0.25, 0.3) is 0 Å². The molecule has 3 heteroatoms. The van der Waals surface area contributed by atoms with Gasteiger partial charge in [0.1, 0.15) is 5.82 Å². The molecule has 120 valence electrons. The zero-order valence-corrected chi connectivity index (χ0v) is 14.7. The number of pyridine rings is 1. The van der Waals surface area contributed by atoms with Gasteiger partial charge in [-0.3, -0.25) is 0 Å². The molecule has 0 aliphatic rings. The Morgan fingerprint density at radius 1 is 1.10 bits per heavy atom. The van der Waals surface area contributed by atoms with Gasteiger partial charge in [-0.05, 0) is 55.8 Å². The van der Waals surface area contributed by atoms with E-state index >= 15 is 0 Å². The molecule has 0 aliphatic carbocycles. The molecule has 0 fully saturated rings. The van der Waals surface area contributed by atoms with Crippen molar-refractivity contribution in [2.24, 2.45) is 11.8 Å². The van der Waals surface area contributed by atoms with Crippen molar-refractivity contribution in [3.05, 3.63) is 23.4 Å². The Morgan fingerprint density at radius 2 is 1.67 bits per heavy atom. The van der Waals surface area contributed by atoms with Crippen LogP contribution in [-0.4, -0.2) is 25.1 Å². The summed E-state index contributed by atoms with van der Waals surface area (Å²) in [6, 6.07) is 2.26. The second kappa shape index (κ2) is 9.04. The van der Waals surface area contributed by atoms with Gasteiger partial charge < -0.3 is 10.2 Å². The molecule has 1 heterocycles. The second-order valence-electron chi connectivity index (χ2n) is 6.87. The first-order valence-electron chi connectivity index (χ1n) is 8.29. The molecular formula is C18H33N3. The zero-order valence-electron chi connectivity index (χ0n) is 14.7. The number of rotatable bonds is 9. The SMILES string of the molecule is CNCc1cnc(N(CCC(C)C)CCC(C)C)c(C)c1. The van der Waals surface area contributed by atoms with Gasteiger partial charge in [-0.2, -0.15) is 0 Å². The molecule has 1 N–H and O–H groups in total. The zero-order chi connectivity index (χ0) is 15.8. The Balaban J connectivity index is 2.84. The van der Waals surface area contributed by atoms with Gasteiger partial charge in [0.05, 0.1) is 0 Å². The van der Waals surface area contributed by atoms with E-state index in [1.165, 1.54) is 24.0 Å². The lowest BCUT2D eigenvalue weighted by molar-refractivity contribution is 0.532. The summed E-state index contributed by atoms with van der Waals surface area (Å²) in [5.41, 5.74) is 2.54. The van der Waals surface area contributed by atoms with Crippen molar-refractivity contribution >= 4 is 5.82 Å². The normalized spacial score (nSPS) is 11.4. The van der Waals surface area contributed by atoms with E-state index in [0.29, 0.717) is 0 Å². The number of hydrogen-bond acceptors (Lipinski definition) is 3. The Morgan fingerprint density at radius 3 is 2.10 bits per heavy atom. The molecule has 0 aromatic carbocycles. The highest BCUT2D eigenvalue weighted by molar-refractivity contribution is 5.47. The highest BCUT2D eigenvalue weighted by Gasteiger charge is 2.12. The fourth-order valence-electron chi connectivity index (χ4n) is 2.41. The van der Waals surface area contributed by atoms with Crippen LogP contribution in [0.25, 0.3) is 0 Å². The highest BCUT2D eigenvalue weighted by Crippen LogP contribution is 2.20. The van der Waals surface area contributed by atoms with Crippen LogP contribution in [0.5, 0.6) is 0 Å². The average molecular weight is 291 g/mol. The Bertz CT molecular complexity index is 401. The lowest BCUT2D eigenvalue weighted by Gasteiger charge is -2.27. The number of nitrogens with zero attached hydrogens (tertiary/aromatic N) is 2. The van der Waals surface area contributed by atoms with Gasteiger partial charge in [-0.25, -0.2) is 4.98 Å². The van der Waals surface area contributed by atoms with E-state index in [9.17, 15) is 0 Å². The second-order valence-corrected chi connectivity index (χ2v) is 6.87. The minimum absolute atomic E-state index is 0.732. The molecule has 0 aliphatic heterocycles. The number of aromatic nitrogens is 1. The standard InChI is InChI=1S/C18H33N3/c1-14(2)7-9-21(10-8-15(3)4)18-16(5)11-17(12-19-6)13-20-18/h11,13-15,19H,7-10,12H2,1-6H3. The fraction of sp³-hybridized carbons (Fsp3) is 0.722. The fourth-order valence-corrected chi connectivity index (χ4v) is 2.41. The predicted molar refractivity (Wildman–Crippen MR) is 92.9 cm³/mol. The van der Waals surface area contributed by atoms with Crippen LogP contribution >= 0.6 is 0 Å². The van der Waals surface area contributed by atoms with E-state index in [1.54, 1.807) is 0 Å². The van der Waals surface area contributed by atoms with E-state index in [4.69, 9.17) is 4.98 Å². The monoisotopic (exact) mass is 291 g/mol. The van der Waals surface area contributed by atoms with Gasteiger partial charge in [0, 0.05) is 25.8 Å². The van der Waals surface area contributed by atoms with Gasteiger partial charge in [0.2, 0.25) is 0 Å². The number of aryl methyl sites for hydroxylation is 1. The van der Waals surface area contributed by atoms with Crippen molar-refractivity contribution in [1.29, 1.82) is 0 Å². The van der Waals surface area contributed by atoms with Gasteiger partial charge >= 0.3 is 0 Å².